The van der Waals surface area contributed by atoms with Crippen LogP contribution in [0.3, 0.4) is 0 Å². The van der Waals surface area contributed by atoms with Crippen molar-refractivity contribution >= 4 is 28.8 Å². The lowest BCUT2D eigenvalue weighted by molar-refractivity contribution is -0.144. The molecule has 0 aliphatic rings. The summed E-state index contributed by atoms with van der Waals surface area (Å²) in [6.07, 6.45) is -3.92. The number of alkyl halides is 3. The second-order valence-electron chi connectivity index (χ2n) is 4.23. The Bertz CT molecular complexity index is 572. The molecule has 0 fully saturated rings. The van der Waals surface area contributed by atoms with E-state index in [0.717, 1.165) is 4.88 Å². The number of anilines is 1. The van der Waals surface area contributed by atoms with Gasteiger partial charge >= 0.3 is 6.18 Å². The quantitative estimate of drug-likeness (QED) is 0.855. The molecule has 1 N–H and O–H groups in total. The van der Waals surface area contributed by atoms with E-state index >= 15 is 0 Å². The fourth-order valence-corrected chi connectivity index (χ4v) is 2.67. The third-order valence-corrected chi connectivity index (χ3v) is 3.52. The van der Waals surface area contributed by atoms with Crippen molar-refractivity contribution in [1.29, 1.82) is 0 Å². The van der Waals surface area contributed by atoms with Crippen LogP contribution in [0.2, 0.25) is 5.15 Å². The molecule has 0 amide bonds. The predicted octanol–water partition coefficient (Wildman–Crippen LogP) is 4.25. The zero-order valence-electron chi connectivity index (χ0n) is 10.4. The molecule has 0 aliphatic carbocycles. The van der Waals surface area contributed by atoms with E-state index in [1.807, 2.05) is 24.4 Å². The molecule has 0 saturated carbocycles. The van der Waals surface area contributed by atoms with Crippen molar-refractivity contribution in [3.63, 3.8) is 0 Å². The summed E-state index contributed by atoms with van der Waals surface area (Å²) in [5.74, 6) is -1.17. The van der Waals surface area contributed by atoms with Crippen LogP contribution in [0.5, 0.6) is 0 Å². The van der Waals surface area contributed by atoms with Gasteiger partial charge in [0.05, 0.1) is 0 Å². The van der Waals surface area contributed by atoms with Crippen molar-refractivity contribution in [2.24, 2.45) is 0 Å². The van der Waals surface area contributed by atoms with Gasteiger partial charge in [-0.15, -0.1) is 11.3 Å². The van der Waals surface area contributed by atoms with Gasteiger partial charge in [0.25, 0.3) is 0 Å². The van der Waals surface area contributed by atoms with E-state index < -0.39 is 12.0 Å². The first kappa shape index (κ1) is 15.1. The number of halogens is 4. The Morgan fingerprint density at radius 1 is 1.40 bits per heavy atom. The van der Waals surface area contributed by atoms with Crippen LogP contribution >= 0.6 is 22.9 Å². The molecule has 0 aliphatic heterocycles. The first-order valence-electron chi connectivity index (χ1n) is 5.75. The fraction of sp³-hybridized carbons (Fsp3) is 0.333. The molecule has 0 spiro atoms. The van der Waals surface area contributed by atoms with Gasteiger partial charge in [0, 0.05) is 23.4 Å². The van der Waals surface area contributed by atoms with Crippen LogP contribution in [0.1, 0.15) is 17.6 Å². The summed E-state index contributed by atoms with van der Waals surface area (Å²) in [6, 6.07) is 5.11. The van der Waals surface area contributed by atoms with Gasteiger partial charge in [0.2, 0.25) is 5.82 Å². The molecule has 8 heteroatoms. The second-order valence-corrected chi connectivity index (χ2v) is 5.65. The lowest BCUT2D eigenvalue weighted by Crippen LogP contribution is -2.20. The Balaban J connectivity index is 2.11. The highest BCUT2D eigenvalue weighted by Crippen LogP contribution is 2.28. The van der Waals surface area contributed by atoms with E-state index in [0.29, 0.717) is 6.42 Å². The smallest absolute Gasteiger partial charge is 0.367 e. The molecule has 0 bridgehead atoms. The molecule has 2 rings (SSSR count). The Labute approximate surface area is 122 Å². The van der Waals surface area contributed by atoms with Gasteiger partial charge < -0.3 is 5.32 Å². The molecule has 2 heterocycles. The molecular weight excluding hydrogens is 311 g/mol. The topological polar surface area (TPSA) is 37.8 Å². The minimum atomic E-state index is -4.61. The van der Waals surface area contributed by atoms with Crippen molar-refractivity contribution in [3.8, 4) is 0 Å². The number of hydrogen-bond acceptors (Lipinski definition) is 4. The van der Waals surface area contributed by atoms with Crippen LogP contribution in [-0.4, -0.2) is 16.0 Å². The zero-order chi connectivity index (χ0) is 14.8. The maximum atomic E-state index is 12.6. The molecule has 2 aromatic heterocycles. The average Bonchev–Trinajstić information content (AvgIpc) is 2.79. The van der Waals surface area contributed by atoms with Crippen LogP contribution < -0.4 is 5.32 Å². The van der Waals surface area contributed by atoms with Crippen LogP contribution in [0.25, 0.3) is 0 Å². The van der Waals surface area contributed by atoms with Gasteiger partial charge in [-0.05, 0) is 18.4 Å². The first-order valence-corrected chi connectivity index (χ1v) is 7.01. The Hall–Kier alpha value is -1.34. The van der Waals surface area contributed by atoms with Gasteiger partial charge in [-0.3, -0.25) is 0 Å². The fourth-order valence-electron chi connectivity index (χ4n) is 1.65. The molecule has 1 atom stereocenters. The standard InChI is InChI=1S/C12H11ClF3N3S/c1-7(5-8-3-2-4-20-8)17-10-6-9(13)18-11(19-10)12(14,15)16/h2-4,6-7H,5H2,1H3,(H,17,18,19). The lowest BCUT2D eigenvalue weighted by atomic mass is 10.2. The maximum absolute atomic E-state index is 12.6. The van der Waals surface area contributed by atoms with E-state index in [2.05, 4.69) is 15.3 Å². The predicted molar refractivity (Wildman–Crippen MR) is 73.2 cm³/mol. The molecule has 3 nitrogen and oxygen atoms in total. The van der Waals surface area contributed by atoms with E-state index in [1.54, 1.807) is 11.3 Å². The molecule has 1 unspecified atom stereocenters. The van der Waals surface area contributed by atoms with Gasteiger partial charge in [0.1, 0.15) is 11.0 Å². The minimum Gasteiger partial charge on any atom is -0.367 e. The van der Waals surface area contributed by atoms with Crippen molar-refractivity contribution in [3.05, 3.63) is 39.4 Å². The summed E-state index contributed by atoms with van der Waals surface area (Å²) in [7, 11) is 0. The van der Waals surface area contributed by atoms with Gasteiger partial charge in [-0.1, -0.05) is 17.7 Å². The van der Waals surface area contributed by atoms with Gasteiger partial charge in [-0.25, -0.2) is 9.97 Å². The van der Waals surface area contributed by atoms with E-state index in [-0.39, 0.29) is 17.0 Å². The molecule has 0 aromatic carbocycles. The Morgan fingerprint density at radius 3 is 2.75 bits per heavy atom. The largest absolute Gasteiger partial charge is 0.451 e. The zero-order valence-corrected chi connectivity index (χ0v) is 12.0. The third kappa shape index (κ3) is 4.08. The average molecular weight is 322 g/mol. The summed E-state index contributed by atoms with van der Waals surface area (Å²) in [5.41, 5.74) is 0. The SMILES string of the molecule is CC(Cc1cccs1)Nc1cc(Cl)nc(C(F)(F)F)n1. The van der Waals surface area contributed by atoms with Crippen molar-refractivity contribution in [2.45, 2.75) is 25.6 Å². The number of nitrogens with zero attached hydrogens (tertiary/aromatic N) is 2. The molecule has 20 heavy (non-hydrogen) atoms. The summed E-state index contributed by atoms with van der Waals surface area (Å²) in [4.78, 5) is 7.77. The third-order valence-electron chi connectivity index (χ3n) is 2.43. The second kappa shape index (κ2) is 5.97. The molecule has 108 valence electrons. The number of aromatic nitrogens is 2. The van der Waals surface area contributed by atoms with Crippen molar-refractivity contribution in [2.75, 3.05) is 5.32 Å². The monoisotopic (exact) mass is 321 g/mol. The van der Waals surface area contributed by atoms with Gasteiger partial charge in [-0.2, -0.15) is 13.2 Å². The highest BCUT2D eigenvalue weighted by molar-refractivity contribution is 7.09. The van der Waals surface area contributed by atoms with Crippen LogP contribution in [0.4, 0.5) is 19.0 Å². The highest BCUT2D eigenvalue weighted by Gasteiger charge is 2.35. The first-order chi connectivity index (χ1) is 9.34. The van der Waals surface area contributed by atoms with Crippen LogP contribution in [0, 0.1) is 0 Å². The number of nitrogens with one attached hydrogen (secondary N) is 1. The normalized spacial score (nSPS) is 13.2. The summed E-state index contributed by atoms with van der Waals surface area (Å²) < 4.78 is 37.7. The van der Waals surface area contributed by atoms with E-state index in [1.165, 1.54) is 6.07 Å². The molecular formula is C12H11ClF3N3S. The number of thiophene rings is 1. The highest BCUT2D eigenvalue weighted by atomic mass is 35.5. The molecule has 0 saturated heterocycles. The Kier molecular flexibility index (Phi) is 4.49. The van der Waals surface area contributed by atoms with Crippen LogP contribution in [-0.2, 0) is 12.6 Å². The summed E-state index contributed by atoms with van der Waals surface area (Å²) >= 11 is 7.19. The number of hydrogen-bond donors (Lipinski definition) is 1. The number of rotatable bonds is 4. The summed E-state index contributed by atoms with van der Waals surface area (Å²) in [5, 5.41) is 4.62. The van der Waals surface area contributed by atoms with Gasteiger partial charge in [0.15, 0.2) is 0 Å². The maximum Gasteiger partial charge on any atom is 0.451 e. The van der Waals surface area contributed by atoms with Crippen molar-refractivity contribution in [1.82, 2.24) is 9.97 Å². The molecule has 0 radical (unpaired) electrons. The Morgan fingerprint density at radius 2 is 2.15 bits per heavy atom. The molecule has 2 aromatic rings. The summed E-state index contributed by atoms with van der Waals surface area (Å²) in [6.45, 7) is 1.86. The lowest BCUT2D eigenvalue weighted by Gasteiger charge is -2.15. The van der Waals surface area contributed by atoms with Crippen molar-refractivity contribution < 1.29 is 13.2 Å². The minimum absolute atomic E-state index is 0.0688. The van der Waals surface area contributed by atoms with Crippen LogP contribution in [0.15, 0.2) is 23.6 Å². The van der Waals surface area contributed by atoms with E-state index in [4.69, 9.17) is 11.6 Å². The van der Waals surface area contributed by atoms with E-state index in [9.17, 15) is 13.2 Å².